The van der Waals surface area contributed by atoms with Crippen molar-refractivity contribution in [3.63, 3.8) is 0 Å². The normalized spacial score (nSPS) is 10.6. The Hall–Kier alpha value is -1.64. The highest BCUT2D eigenvalue weighted by atomic mass is 19.1. The molecule has 1 aromatic heterocycles. The predicted molar refractivity (Wildman–Crippen MR) is 50.9 cm³/mol. The van der Waals surface area contributed by atoms with Crippen molar-refractivity contribution in [3.8, 4) is 0 Å². The van der Waals surface area contributed by atoms with Crippen LogP contribution in [0.5, 0.6) is 0 Å². The number of rotatable bonds is 0. The van der Waals surface area contributed by atoms with Crippen molar-refractivity contribution in [1.29, 1.82) is 0 Å². The van der Waals surface area contributed by atoms with E-state index in [4.69, 9.17) is 5.73 Å². The van der Waals surface area contributed by atoms with Gasteiger partial charge in [0.05, 0.1) is 17.4 Å². The lowest BCUT2D eigenvalue weighted by atomic mass is 10.1. The minimum atomic E-state index is -0.232. The van der Waals surface area contributed by atoms with Crippen LogP contribution in [-0.4, -0.2) is 4.98 Å². The second-order valence-corrected chi connectivity index (χ2v) is 3.06. The molecule has 2 nitrogen and oxygen atoms in total. The molecule has 0 unspecified atom stereocenters. The summed E-state index contributed by atoms with van der Waals surface area (Å²) in [6, 6.07) is 4.95. The van der Waals surface area contributed by atoms with Crippen molar-refractivity contribution in [2.75, 3.05) is 5.73 Å². The average Bonchev–Trinajstić information content (AvgIpc) is 2.08. The molecule has 2 aromatic rings. The van der Waals surface area contributed by atoms with Crippen molar-refractivity contribution in [2.45, 2.75) is 6.92 Å². The zero-order valence-electron chi connectivity index (χ0n) is 7.21. The molecule has 0 bridgehead atoms. The van der Waals surface area contributed by atoms with E-state index in [0.717, 1.165) is 5.39 Å². The molecule has 2 rings (SSSR count). The van der Waals surface area contributed by atoms with Gasteiger partial charge in [0.25, 0.3) is 0 Å². The number of hydrogen-bond acceptors (Lipinski definition) is 2. The highest BCUT2D eigenvalue weighted by Gasteiger charge is 2.01. The summed E-state index contributed by atoms with van der Waals surface area (Å²) in [5, 5.41) is 0.874. The summed E-state index contributed by atoms with van der Waals surface area (Å²) in [6.07, 6.45) is 1.52. The van der Waals surface area contributed by atoms with Crippen LogP contribution in [0.4, 0.5) is 10.1 Å². The quantitative estimate of drug-likeness (QED) is 0.668. The van der Waals surface area contributed by atoms with Gasteiger partial charge in [-0.1, -0.05) is 0 Å². The van der Waals surface area contributed by atoms with Crippen molar-refractivity contribution < 1.29 is 4.39 Å². The number of halogens is 1. The molecule has 0 fully saturated rings. The number of aromatic nitrogens is 1. The Morgan fingerprint density at radius 3 is 2.85 bits per heavy atom. The third-order valence-corrected chi connectivity index (χ3v) is 1.98. The molecule has 0 aliphatic carbocycles. The number of fused-ring (bicyclic) bond motifs is 1. The Balaban J connectivity index is 2.81. The van der Waals surface area contributed by atoms with Crippen LogP contribution in [-0.2, 0) is 0 Å². The van der Waals surface area contributed by atoms with E-state index < -0.39 is 0 Å². The molecule has 66 valence electrons. The lowest BCUT2D eigenvalue weighted by Gasteiger charge is -2.01. The van der Waals surface area contributed by atoms with Gasteiger partial charge in [-0.2, -0.15) is 0 Å². The minimum absolute atomic E-state index is 0.232. The predicted octanol–water partition coefficient (Wildman–Crippen LogP) is 2.26. The second-order valence-electron chi connectivity index (χ2n) is 3.06. The number of nitrogens with two attached hydrogens (primary N) is 1. The van der Waals surface area contributed by atoms with Gasteiger partial charge in [0.15, 0.2) is 0 Å². The van der Waals surface area contributed by atoms with Crippen LogP contribution in [0.25, 0.3) is 10.9 Å². The maximum Gasteiger partial charge on any atom is 0.128 e. The number of aryl methyl sites for hydroxylation is 1. The Morgan fingerprint density at radius 1 is 1.31 bits per heavy atom. The number of nitrogen functional groups attached to an aromatic ring is 1. The van der Waals surface area contributed by atoms with E-state index in [2.05, 4.69) is 4.98 Å². The molecular formula is C10H9FN2. The number of hydrogen-bond donors (Lipinski definition) is 1. The maximum absolute atomic E-state index is 13.1. The Kier molecular flexibility index (Phi) is 1.65. The summed E-state index contributed by atoms with van der Waals surface area (Å²) in [7, 11) is 0. The molecular weight excluding hydrogens is 167 g/mol. The molecule has 0 spiro atoms. The molecule has 0 aliphatic rings. The lowest BCUT2D eigenvalue weighted by molar-refractivity contribution is 0.620. The number of benzene rings is 1. The Labute approximate surface area is 75.2 Å². The van der Waals surface area contributed by atoms with Gasteiger partial charge >= 0.3 is 0 Å². The molecule has 0 radical (unpaired) electrons. The first-order valence-corrected chi connectivity index (χ1v) is 3.98. The fourth-order valence-corrected chi connectivity index (χ4v) is 1.28. The van der Waals surface area contributed by atoms with E-state index in [-0.39, 0.29) is 5.82 Å². The highest BCUT2D eigenvalue weighted by Crippen LogP contribution is 2.18. The van der Waals surface area contributed by atoms with Crippen molar-refractivity contribution in [1.82, 2.24) is 4.98 Å². The Bertz CT molecular complexity index is 466. The molecule has 13 heavy (non-hydrogen) atoms. The molecule has 2 N–H and O–H groups in total. The summed E-state index contributed by atoms with van der Waals surface area (Å²) in [6.45, 7) is 1.72. The van der Waals surface area contributed by atoms with Gasteiger partial charge < -0.3 is 5.73 Å². The largest absolute Gasteiger partial charge is 0.397 e. The molecule has 0 amide bonds. The molecule has 0 saturated carbocycles. The van der Waals surface area contributed by atoms with Crippen LogP contribution in [0.15, 0.2) is 24.4 Å². The van der Waals surface area contributed by atoms with Crippen molar-refractivity contribution in [2.24, 2.45) is 0 Å². The number of pyridine rings is 1. The van der Waals surface area contributed by atoms with E-state index in [0.29, 0.717) is 16.8 Å². The molecule has 0 atom stereocenters. The van der Waals surface area contributed by atoms with Crippen LogP contribution in [0, 0.1) is 12.7 Å². The first-order valence-electron chi connectivity index (χ1n) is 3.98. The van der Waals surface area contributed by atoms with Gasteiger partial charge in [0, 0.05) is 11.5 Å². The smallest absolute Gasteiger partial charge is 0.128 e. The van der Waals surface area contributed by atoms with E-state index in [1.807, 2.05) is 0 Å². The lowest BCUT2D eigenvalue weighted by Crippen LogP contribution is -1.89. The summed E-state index contributed by atoms with van der Waals surface area (Å²) in [4.78, 5) is 4.02. The molecule has 1 aromatic carbocycles. The zero-order valence-corrected chi connectivity index (χ0v) is 7.21. The molecule has 3 heteroatoms. The Morgan fingerprint density at radius 2 is 2.08 bits per heavy atom. The van der Waals surface area contributed by atoms with E-state index >= 15 is 0 Å². The standard InChI is InChI=1S/C10H9FN2/c1-6-2-7-3-8(12)5-13-10(7)4-9(6)11/h2-5H,12H2,1H3. The SMILES string of the molecule is Cc1cc2cc(N)cnc2cc1F. The average molecular weight is 176 g/mol. The second kappa shape index (κ2) is 2.69. The van der Waals surface area contributed by atoms with Gasteiger partial charge in [-0.05, 0) is 24.6 Å². The van der Waals surface area contributed by atoms with Gasteiger partial charge in [-0.3, -0.25) is 4.98 Å². The van der Waals surface area contributed by atoms with Crippen molar-refractivity contribution >= 4 is 16.6 Å². The number of anilines is 1. The monoisotopic (exact) mass is 176 g/mol. The first kappa shape index (κ1) is 7.98. The zero-order chi connectivity index (χ0) is 9.42. The minimum Gasteiger partial charge on any atom is -0.397 e. The fraction of sp³-hybridized carbons (Fsp3) is 0.100. The van der Waals surface area contributed by atoms with E-state index in [9.17, 15) is 4.39 Å². The molecule has 0 aliphatic heterocycles. The fourth-order valence-electron chi connectivity index (χ4n) is 1.28. The van der Waals surface area contributed by atoms with E-state index in [1.165, 1.54) is 12.3 Å². The first-order chi connectivity index (χ1) is 6.16. The van der Waals surface area contributed by atoms with Crippen LogP contribution >= 0.6 is 0 Å². The summed E-state index contributed by atoms with van der Waals surface area (Å²) >= 11 is 0. The van der Waals surface area contributed by atoms with E-state index in [1.54, 1.807) is 19.1 Å². The number of nitrogens with zero attached hydrogens (tertiary/aromatic N) is 1. The highest BCUT2D eigenvalue weighted by molar-refractivity contribution is 5.81. The maximum atomic E-state index is 13.1. The third-order valence-electron chi connectivity index (χ3n) is 1.98. The van der Waals surface area contributed by atoms with Crippen molar-refractivity contribution in [3.05, 3.63) is 35.8 Å². The summed E-state index contributed by atoms with van der Waals surface area (Å²) in [5.74, 6) is -0.232. The van der Waals surface area contributed by atoms with Crippen LogP contribution in [0.1, 0.15) is 5.56 Å². The van der Waals surface area contributed by atoms with Gasteiger partial charge in [-0.15, -0.1) is 0 Å². The van der Waals surface area contributed by atoms with Gasteiger partial charge in [-0.25, -0.2) is 4.39 Å². The molecule has 0 saturated heterocycles. The van der Waals surface area contributed by atoms with Crippen LogP contribution in [0.2, 0.25) is 0 Å². The van der Waals surface area contributed by atoms with Gasteiger partial charge in [0.2, 0.25) is 0 Å². The van der Waals surface area contributed by atoms with Gasteiger partial charge in [0.1, 0.15) is 5.82 Å². The summed E-state index contributed by atoms with van der Waals surface area (Å²) in [5.41, 5.74) is 7.40. The topological polar surface area (TPSA) is 38.9 Å². The van der Waals surface area contributed by atoms with Crippen LogP contribution < -0.4 is 5.73 Å². The molecule has 1 heterocycles. The summed E-state index contributed by atoms with van der Waals surface area (Å²) < 4.78 is 13.1. The third kappa shape index (κ3) is 1.33. The van der Waals surface area contributed by atoms with Crippen LogP contribution in [0.3, 0.4) is 0 Å².